The van der Waals surface area contributed by atoms with E-state index in [1.54, 1.807) is 35.2 Å². The van der Waals surface area contributed by atoms with E-state index in [1.807, 2.05) is 12.1 Å². The van der Waals surface area contributed by atoms with Crippen LogP contribution < -0.4 is 0 Å². The van der Waals surface area contributed by atoms with Gasteiger partial charge in [-0.05, 0) is 42.3 Å². The predicted molar refractivity (Wildman–Crippen MR) is 96.8 cm³/mol. The molecule has 1 fully saturated rings. The highest BCUT2D eigenvalue weighted by molar-refractivity contribution is 7.91. The largest absolute Gasteiger partial charge is 0.465 e. The van der Waals surface area contributed by atoms with E-state index in [0.29, 0.717) is 23.7 Å². The van der Waals surface area contributed by atoms with Crippen LogP contribution in [0.5, 0.6) is 0 Å². The second kappa shape index (κ2) is 7.45. The number of benzene rings is 1. The number of hydrogen-bond acceptors (Lipinski definition) is 4. The quantitative estimate of drug-likeness (QED) is 0.748. The fourth-order valence-electron chi connectivity index (χ4n) is 2.83. The average molecular weight is 380 g/mol. The lowest BCUT2D eigenvalue weighted by Gasteiger charge is -2.27. The number of hydrogen-bond donors (Lipinski definition) is 0. The summed E-state index contributed by atoms with van der Waals surface area (Å²) in [7, 11) is -3.09. The van der Waals surface area contributed by atoms with Crippen LogP contribution in [0.3, 0.4) is 0 Å². The molecule has 1 aliphatic rings. The zero-order valence-corrected chi connectivity index (χ0v) is 15.0. The van der Waals surface area contributed by atoms with Gasteiger partial charge in [0.2, 0.25) is 5.91 Å². The molecule has 0 aliphatic carbocycles. The van der Waals surface area contributed by atoms with E-state index in [2.05, 4.69) is 0 Å². The van der Waals surface area contributed by atoms with Crippen molar-refractivity contribution in [2.75, 3.05) is 11.5 Å². The number of rotatable bonds is 5. The Morgan fingerprint density at radius 1 is 1.28 bits per heavy atom. The van der Waals surface area contributed by atoms with E-state index in [0.717, 1.165) is 5.56 Å². The molecule has 1 atom stereocenters. The van der Waals surface area contributed by atoms with E-state index in [1.165, 1.54) is 12.3 Å². The Morgan fingerprint density at radius 3 is 2.64 bits per heavy atom. The summed E-state index contributed by atoms with van der Waals surface area (Å²) in [6, 6.07) is 10.3. The van der Waals surface area contributed by atoms with Crippen LogP contribution in [0.4, 0.5) is 0 Å². The van der Waals surface area contributed by atoms with Gasteiger partial charge in [-0.1, -0.05) is 23.7 Å². The van der Waals surface area contributed by atoms with Crippen molar-refractivity contribution >= 4 is 33.4 Å². The number of amides is 1. The van der Waals surface area contributed by atoms with Gasteiger partial charge in [0.1, 0.15) is 5.76 Å². The third-order valence-corrected chi connectivity index (χ3v) is 6.13. The van der Waals surface area contributed by atoms with E-state index < -0.39 is 9.84 Å². The Labute approximate surface area is 151 Å². The topological polar surface area (TPSA) is 67.6 Å². The second-order valence-corrected chi connectivity index (χ2v) is 8.66. The molecule has 7 heteroatoms. The highest BCUT2D eigenvalue weighted by atomic mass is 35.5. The van der Waals surface area contributed by atoms with Gasteiger partial charge in [-0.3, -0.25) is 4.79 Å². The van der Waals surface area contributed by atoms with E-state index in [-0.39, 0.29) is 23.5 Å². The van der Waals surface area contributed by atoms with Crippen LogP contribution in [0, 0.1) is 0 Å². The van der Waals surface area contributed by atoms with Gasteiger partial charge in [0.05, 0.1) is 17.8 Å². The lowest BCUT2D eigenvalue weighted by Crippen LogP contribution is -2.39. The van der Waals surface area contributed by atoms with Crippen molar-refractivity contribution in [2.24, 2.45) is 0 Å². The molecule has 1 aliphatic heterocycles. The summed E-state index contributed by atoms with van der Waals surface area (Å²) in [5.41, 5.74) is 0.897. The standard InChI is InChI=1S/C18H18ClNO4S/c19-15-5-3-14(4-6-15)12-20(16-9-11-25(22,23)13-16)18(21)8-7-17-2-1-10-24-17/h1-8,10,16H,9,11-13H2/b8-7+. The van der Waals surface area contributed by atoms with Crippen molar-refractivity contribution in [1.82, 2.24) is 4.90 Å². The minimum absolute atomic E-state index is 0.000914. The van der Waals surface area contributed by atoms with Gasteiger partial charge < -0.3 is 9.32 Å². The minimum atomic E-state index is -3.09. The maximum absolute atomic E-state index is 12.7. The molecule has 1 saturated heterocycles. The van der Waals surface area contributed by atoms with E-state index >= 15 is 0 Å². The number of sulfone groups is 1. The maximum atomic E-state index is 12.7. The van der Waals surface area contributed by atoms with Crippen LogP contribution in [0.25, 0.3) is 6.08 Å². The molecule has 132 valence electrons. The second-order valence-electron chi connectivity index (χ2n) is 6.00. The summed E-state index contributed by atoms with van der Waals surface area (Å²) in [6.45, 7) is 0.332. The molecule has 1 aromatic heterocycles. The zero-order valence-electron chi connectivity index (χ0n) is 13.5. The smallest absolute Gasteiger partial charge is 0.247 e. The molecule has 5 nitrogen and oxygen atoms in total. The van der Waals surface area contributed by atoms with Gasteiger partial charge >= 0.3 is 0 Å². The number of carbonyl (C=O) groups excluding carboxylic acids is 1. The van der Waals surface area contributed by atoms with Crippen molar-refractivity contribution in [3.8, 4) is 0 Å². The van der Waals surface area contributed by atoms with Gasteiger partial charge in [0.25, 0.3) is 0 Å². The number of halogens is 1. The highest BCUT2D eigenvalue weighted by Crippen LogP contribution is 2.21. The number of carbonyl (C=O) groups is 1. The minimum Gasteiger partial charge on any atom is -0.465 e. The van der Waals surface area contributed by atoms with Crippen LogP contribution in [0.1, 0.15) is 17.7 Å². The summed E-state index contributed by atoms with van der Waals surface area (Å²) in [5.74, 6) is 0.442. The third kappa shape index (κ3) is 4.74. The van der Waals surface area contributed by atoms with Crippen molar-refractivity contribution in [2.45, 2.75) is 19.0 Å². The van der Waals surface area contributed by atoms with Crippen molar-refractivity contribution in [3.05, 3.63) is 65.1 Å². The molecule has 1 unspecified atom stereocenters. The summed E-state index contributed by atoms with van der Waals surface area (Å²) in [6.07, 6.45) is 4.98. The van der Waals surface area contributed by atoms with Gasteiger partial charge in [0, 0.05) is 23.7 Å². The first-order valence-electron chi connectivity index (χ1n) is 7.90. The Balaban J connectivity index is 1.80. The lowest BCUT2D eigenvalue weighted by molar-refractivity contribution is -0.128. The Kier molecular flexibility index (Phi) is 5.30. The molecule has 2 aromatic rings. The molecule has 0 spiro atoms. The van der Waals surface area contributed by atoms with E-state index in [4.69, 9.17) is 16.0 Å². The maximum Gasteiger partial charge on any atom is 0.247 e. The van der Waals surface area contributed by atoms with Gasteiger partial charge in [0.15, 0.2) is 9.84 Å². The predicted octanol–water partition coefficient (Wildman–Crippen LogP) is 3.16. The Hall–Kier alpha value is -2.05. The molecule has 0 N–H and O–H groups in total. The molecule has 2 heterocycles. The first kappa shape index (κ1) is 17.8. The molecule has 0 bridgehead atoms. The molecule has 0 radical (unpaired) electrons. The molecule has 1 amide bonds. The summed E-state index contributed by atoms with van der Waals surface area (Å²) in [4.78, 5) is 14.3. The van der Waals surface area contributed by atoms with Gasteiger partial charge in [-0.15, -0.1) is 0 Å². The van der Waals surface area contributed by atoms with Crippen molar-refractivity contribution in [1.29, 1.82) is 0 Å². The zero-order chi connectivity index (χ0) is 17.9. The average Bonchev–Trinajstić information content (AvgIpc) is 3.21. The Morgan fingerprint density at radius 2 is 2.04 bits per heavy atom. The Bertz CT molecular complexity index is 857. The van der Waals surface area contributed by atoms with Gasteiger partial charge in [-0.2, -0.15) is 0 Å². The molecular formula is C18H18ClNO4S. The fraction of sp³-hybridized carbons (Fsp3) is 0.278. The normalized spacial score (nSPS) is 19.3. The van der Waals surface area contributed by atoms with Crippen LogP contribution in [-0.4, -0.2) is 36.8 Å². The van der Waals surface area contributed by atoms with Crippen LogP contribution >= 0.6 is 11.6 Å². The first-order valence-corrected chi connectivity index (χ1v) is 10.1. The monoisotopic (exact) mass is 379 g/mol. The van der Waals surface area contributed by atoms with E-state index in [9.17, 15) is 13.2 Å². The molecule has 25 heavy (non-hydrogen) atoms. The molecular weight excluding hydrogens is 362 g/mol. The number of furan rings is 1. The van der Waals surface area contributed by atoms with Crippen LogP contribution in [-0.2, 0) is 21.2 Å². The summed E-state index contributed by atoms with van der Waals surface area (Å²) >= 11 is 5.90. The SMILES string of the molecule is O=C(/C=C/c1ccco1)N(Cc1ccc(Cl)cc1)C1CCS(=O)(=O)C1. The van der Waals surface area contributed by atoms with Crippen molar-refractivity contribution < 1.29 is 17.6 Å². The summed E-state index contributed by atoms with van der Waals surface area (Å²) in [5, 5.41) is 0.614. The number of nitrogens with zero attached hydrogens (tertiary/aromatic N) is 1. The molecule has 3 rings (SSSR count). The fourth-order valence-corrected chi connectivity index (χ4v) is 4.69. The van der Waals surface area contributed by atoms with Crippen molar-refractivity contribution in [3.63, 3.8) is 0 Å². The third-order valence-electron chi connectivity index (χ3n) is 4.13. The first-order chi connectivity index (χ1) is 11.9. The van der Waals surface area contributed by atoms with Crippen LogP contribution in [0.2, 0.25) is 5.02 Å². The highest BCUT2D eigenvalue weighted by Gasteiger charge is 2.34. The molecule has 1 aromatic carbocycles. The molecule has 0 saturated carbocycles. The van der Waals surface area contributed by atoms with Gasteiger partial charge in [-0.25, -0.2) is 8.42 Å². The lowest BCUT2D eigenvalue weighted by atomic mass is 10.1. The van der Waals surface area contributed by atoms with Crippen LogP contribution in [0.15, 0.2) is 53.2 Å². The summed E-state index contributed by atoms with van der Waals surface area (Å²) < 4.78 is 28.8.